The van der Waals surface area contributed by atoms with Crippen LogP contribution in [0.5, 0.6) is 0 Å². The standard InChI is InChI=1S/C13H23NO2.C13H23NO.C11H21NO.C6H9NS/c1-10(2)11-5-7-14(8-6-11)13(15)12-4-3-9-16-12;1-10(2)11-6-8-14(9-7-11)13(15)12-4-3-5-12;1-9(2)10-3-5-12(6-4-10)11-7-13-8-11;1-5(2)6-7-3-4-8-6/h10-12H,3-9H2,1-2H3;10-12H,3-9H2,1-2H3;9-11H,3-8H2,1-2H3;3-5H,1-2H3. The minimum absolute atomic E-state index is 0.129. The molecule has 2 amide bonds. The second-order valence-corrected chi connectivity index (χ2v) is 18.7. The lowest BCUT2D eigenvalue weighted by molar-refractivity contribution is -0.142. The third-order valence-corrected chi connectivity index (χ3v) is 13.9. The first kappa shape index (κ1) is 43.2. The molecule has 1 aromatic heterocycles. The smallest absolute Gasteiger partial charge is 0.251 e. The third-order valence-electron chi connectivity index (χ3n) is 12.8. The van der Waals surface area contributed by atoms with E-state index < -0.39 is 0 Å². The van der Waals surface area contributed by atoms with Crippen LogP contribution in [-0.2, 0) is 19.1 Å². The van der Waals surface area contributed by atoms with Gasteiger partial charge in [-0.2, -0.15) is 0 Å². The van der Waals surface area contributed by atoms with E-state index >= 15 is 0 Å². The molecule has 52 heavy (non-hydrogen) atoms. The highest BCUT2D eigenvalue weighted by Gasteiger charge is 2.33. The summed E-state index contributed by atoms with van der Waals surface area (Å²) in [6.45, 7) is 27.4. The summed E-state index contributed by atoms with van der Waals surface area (Å²) in [7, 11) is 0. The van der Waals surface area contributed by atoms with Crippen LogP contribution in [0.4, 0.5) is 0 Å². The molecule has 0 radical (unpaired) electrons. The lowest BCUT2D eigenvalue weighted by Gasteiger charge is -2.42. The van der Waals surface area contributed by atoms with E-state index in [4.69, 9.17) is 9.47 Å². The summed E-state index contributed by atoms with van der Waals surface area (Å²) in [5.74, 6) is 6.69. The van der Waals surface area contributed by atoms with Gasteiger partial charge in [0, 0.05) is 56.2 Å². The fourth-order valence-corrected chi connectivity index (χ4v) is 9.02. The number of nitrogens with zero attached hydrogens (tertiary/aromatic N) is 4. The summed E-state index contributed by atoms with van der Waals surface area (Å²) in [5, 5.41) is 3.24. The van der Waals surface area contributed by atoms with E-state index in [1.807, 2.05) is 16.5 Å². The maximum absolute atomic E-state index is 12.1. The number of hydrogen-bond acceptors (Lipinski definition) is 7. The molecule has 1 saturated carbocycles. The maximum atomic E-state index is 12.1. The van der Waals surface area contributed by atoms with Crippen LogP contribution in [0.3, 0.4) is 0 Å². The van der Waals surface area contributed by atoms with Crippen LogP contribution >= 0.6 is 11.3 Å². The minimum atomic E-state index is -0.129. The molecule has 6 heterocycles. The van der Waals surface area contributed by atoms with Crippen LogP contribution in [0.1, 0.15) is 137 Å². The molecule has 1 aromatic rings. The van der Waals surface area contributed by atoms with Crippen molar-refractivity contribution in [2.24, 2.45) is 41.4 Å². The SMILES string of the molecule is CC(C)C1CCN(C(=O)C2CCC2)CC1.CC(C)C1CCN(C(=O)C2CCCO2)CC1.CC(C)C1CCN(C2COC2)CC1.CC(C)c1nccs1. The Hall–Kier alpha value is -1.55. The van der Waals surface area contributed by atoms with Crippen molar-refractivity contribution in [3.8, 4) is 0 Å². The van der Waals surface area contributed by atoms with Gasteiger partial charge in [0.1, 0.15) is 6.10 Å². The summed E-state index contributed by atoms with van der Waals surface area (Å²) in [6.07, 6.45) is 14.8. The predicted octanol–water partition coefficient (Wildman–Crippen LogP) is 8.76. The molecule has 8 nitrogen and oxygen atoms in total. The molecule has 0 bridgehead atoms. The number of hydrogen-bond donors (Lipinski definition) is 0. The molecule has 6 aliphatic rings. The Morgan fingerprint density at radius 1 is 0.673 bits per heavy atom. The zero-order valence-electron chi connectivity index (χ0n) is 34.4. The van der Waals surface area contributed by atoms with Crippen LogP contribution < -0.4 is 0 Å². The van der Waals surface area contributed by atoms with Gasteiger partial charge in [-0.25, -0.2) is 4.98 Å². The van der Waals surface area contributed by atoms with Crippen molar-refractivity contribution in [1.82, 2.24) is 19.7 Å². The predicted molar refractivity (Wildman–Crippen MR) is 215 cm³/mol. The van der Waals surface area contributed by atoms with Crippen molar-refractivity contribution in [2.45, 2.75) is 144 Å². The van der Waals surface area contributed by atoms with Gasteiger partial charge in [0.15, 0.2) is 0 Å². The maximum Gasteiger partial charge on any atom is 0.251 e. The van der Waals surface area contributed by atoms with Gasteiger partial charge in [-0.15, -0.1) is 11.3 Å². The van der Waals surface area contributed by atoms with Gasteiger partial charge in [0.2, 0.25) is 5.91 Å². The number of ether oxygens (including phenoxy) is 2. The largest absolute Gasteiger partial charge is 0.378 e. The highest BCUT2D eigenvalue weighted by Crippen LogP contribution is 2.32. The summed E-state index contributed by atoms with van der Waals surface area (Å²) < 4.78 is 10.7. The number of likely N-dealkylation sites (tertiary alicyclic amines) is 3. The lowest BCUT2D eigenvalue weighted by atomic mass is 9.82. The van der Waals surface area contributed by atoms with Crippen molar-refractivity contribution in [3.05, 3.63) is 16.6 Å². The summed E-state index contributed by atoms with van der Waals surface area (Å²) >= 11 is 1.72. The molecule has 5 saturated heterocycles. The highest BCUT2D eigenvalue weighted by molar-refractivity contribution is 7.09. The van der Waals surface area contributed by atoms with Gasteiger partial charge in [0.05, 0.1) is 24.3 Å². The molecule has 1 aliphatic carbocycles. The van der Waals surface area contributed by atoms with Crippen molar-refractivity contribution < 1.29 is 19.1 Å². The molecule has 0 N–H and O–H groups in total. The van der Waals surface area contributed by atoms with Crippen LogP contribution in [0, 0.1) is 41.4 Å². The first-order chi connectivity index (χ1) is 24.9. The molecule has 1 atom stereocenters. The zero-order chi connectivity index (χ0) is 37.6. The quantitative estimate of drug-likeness (QED) is 0.278. The van der Waals surface area contributed by atoms with Gasteiger partial charge in [-0.3, -0.25) is 14.5 Å². The van der Waals surface area contributed by atoms with E-state index in [0.717, 1.165) is 126 Å². The first-order valence-corrected chi connectivity index (χ1v) is 22.2. The molecular formula is C43H76N4O4S. The highest BCUT2D eigenvalue weighted by atomic mass is 32.1. The summed E-state index contributed by atoms with van der Waals surface area (Å²) in [6, 6.07) is 0.758. The van der Waals surface area contributed by atoms with Crippen LogP contribution in [0.25, 0.3) is 0 Å². The number of thiazole rings is 1. The average Bonchev–Trinajstić information content (AvgIpc) is 3.84. The number of carbonyl (C=O) groups excluding carboxylic acids is 2. The van der Waals surface area contributed by atoms with E-state index in [1.165, 1.54) is 50.2 Å². The fraction of sp³-hybridized carbons (Fsp3) is 0.884. The molecule has 298 valence electrons. The molecule has 1 unspecified atom stereocenters. The number of amides is 2. The minimum Gasteiger partial charge on any atom is -0.378 e. The molecule has 6 fully saturated rings. The van der Waals surface area contributed by atoms with Crippen molar-refractivity contribution in [1.29, 1.82) is 0 Å². The summed E-state index contributed by atoms with van der Waals surface area (Å²) in [5.41, 5.74) is 0. The normalized spacial score (nSPS) is 24.1. The summed E-state index contributed by atoms with van der Waals surface area (Å²) in [4.78, 5) is 34.9. The molecule has 9 heteroatoms. The number of rotatable bonds is 7. The average molecular weight is 745 g/mol. The molecule has 0 aromatic carbocycles. The van der Waals surface area contributed by atoms with E-state index in [9.17, 15) is 9.59 Å². The van der Waals surface area contributed by atoms with Crippen molar-refractivity contribution in [3.63, 3.8) is 0 Å². The van der Waals surface area contributed by atoms with E-state index in [0.29, 0.717) is 17.7 Å². The Morgan fingerprint density at radius 2 is 1.17 bits per heavy atom. The van der Waals surface area contributed by atoms with Gasteiger partial charge in [-0.1, -0.05) is 61.8 Å². The molecule has 0 spiro atoms. The zero-order valence-corrected chi connectivity index (χ0v) is 35.2. The van der Waals surface area contributed by atoms with Gasteiger partial charge in [-0.05, 0) is 113 Å². The van der Waals surface area contributed by atoms with E-state index in [1.54, 1.807) is 11.3 Å². The Morgan fingerprint density at radius 3 is 1.50 bits per heavy atom. The van der Waals surface area contributed by atoms with Crippen molar-refractivity contribution >= 4 is 23.2 Å². The van der Waals surface area contributed by atoms with E-state index in [-0.39, 0.29) is 12.0 Å². The van der Waals surface area contributed by atoms with Gasteiger partial charge < -0.3 is 19.3 Å². The van der Waals surface area contributed by atoms with Crippen molar-refractivity contribution in [2.75, 3.05) is 59.1 Å². The Labute approximate surface area is 322 Å². The molecule has 7 rings (SSSR count). The first-order valence-electron chi connectivity index (χ1n) is 21.3. The second kappa shape index (κ2) is 22.1. The number of carbonyl (C=O) groups is 2. The molecular weight excluding hydrogens is 669 g/mol. The Bertz CT molecular complexity index is 1120. The topological polar surface area (TPSA) is 75.2 Å². The van der Waals surface area contributed by atoms with Gasteiger partial charge >= 0.3 is 0 Å². The van der Waals surface area contributed by atoms with Crippen LogP contribution in [0.15, 0.2) is 11.6 Å². The van der Waals surface area contributed by atoms with Crippen LogP contribution in [-0.4, -0.2) is 103 Å². The van der Waals surface area contributed by atoms with Gasteiger partial charge in [0.25, 0.3) is 5.91 Å². The number of aromatic nitrogens is 1. The van der Waals surface area contributed by atoms with E-state index in [2.05, 4.69) is 70.2 Å². The Kier molecular flexibility index (Phi) is 18.4. The van der Waals surface area contributed by atoms with Crippen LogP contribution in [0.2, 0.25) is 0 Å². The Balaban J connectivity index is 0.000000159. The monoisotopic (exact) mass is 745 g/mol. The second-order valence-electron chi connectivity index (χ2n) is 17.8. The number of piperidine rings is 3. The third kappa shape index (κ3) is 13.3. The fourth-order valence-electron chi connectivity index (χ4n) is 8.37. The molecule has 5 aliphatic heterocycles. The lowest BCUT2D eigenvalue weighted by Crippen LogP contribution is -2.52.